The summed E-state index contributed by atoms with van der Waals surface area (Å²) in [5, 5.41) is 0. The number of rotatable bonds is 5. The first kappa shape index (κ1) is 16.2. The lowest BCUT2D eigenvalue weighted by Gasteiger charge is -2.31. The average Bonchev–Trinajstić information content (AvgIpc) is 3.12. The van der Waals surface area contributed by atoms with Crippen LogP contribution in [0.25, 0.3) is 0 Å². The molecule has 3 heterocycles. The topological polar surface area (TPSA) is 54.6 Å². The third kappa shape index (κ3) is 3.71. The number of benzene rings is 1. The molecule has 2 aromatic rings. The molecule has 1 N–H and O–H groups in total. The van der Waals surface area contributed by atoms with Crippen molar-refractivity contribution in [3.63, 3.8) is 0 Å². The maximum atomic E-state index is 11.8. The van der Waals surface area contributed by atoms with Crippen molar-refractivity contribution in [1.29, 1.82) is 0 Å². The second kappa shape index (κ2) is 7.31. The highest BCUT2D eigenvalue weighted by atomic mass is 16.7. The molecule has 0 unspecified atom stereocenters. The summed E-state index contributed by atoms with van der Waals surface area (Å²) >= 11 is 0. The first-order valence-corrected chi connectivity index (χ1v) is 9.05. The highest BCUT2D eigenvalue weighted by molar-refractivity contribution is 5.48. The van der Waals surface area contributed by atoms with Gasteiger partial charge in [-0.25, -0.2) is 0 Å². The quantitative estimate of drug-likeness (QED) is 0.909. The smallest absolute Gasteiger partial charge is 0.231 e. The minimum Gasteiger partial charge on any atom is -0.454 e. The van der Waals surface area contributed by atoms with E-state index in [1.807, 2.05) is 18.3 Å². The molecule has 5 nitrogen and oxygen atoms in total. The molecular formula is C20H24N2O3. The van der Waals surface area contributed by atoms with Gasteiger partial charge in [0, 0.05) is 30.6 Å². The lowest BCUT2D eigenvalue weighted by Crippen LogP contribution is -2.34. The van der Waals surface area contributed by atoms with Crippen LogP contribution in [0.5, 0.6) is 11.5 Å². The van der Waals surface area contributed by atoms with Crippen molar-refractivity contribution >= 4 is 0 Å². The van der Waals surface area contributed by atoms with Crippen LogP contribution in [0.4, 0.5) is 0 Å². The van der Waals surface area contributed by atoms with Crippen molar-refractivity contribution in [2.24, 2.45) is 5.92 Å². The fourth-order valence-electron chi connectivity index (χ4n) is 3.80. The third-order valence-electron chi connectivity index (χ3n) is 5.31. The third-order valence-corrected chi connectivity index (χ3v) is 5.31. The minimum atomic E-state index is 0.126. The number of H-pyrrole nitrogens is 1. The predicted molar refractivity (Wildman–Crippen MR) is 95.9 cm³/mol. The standard InChI is InChI=1S/C20H24N2O3/c23-18-6-9-21-12-17(18)13-22-10-7-15(8-11-22)4-5-16-2-1-3-19-20(16)25-14-24-19/h1-3,6,9,12,15H,4-5,7-8,10-11,13-14H2,(H,21,23). The van der Waals surface area contributed by atoms with E-state index in [0.29, 0.717) is 6.79 Å². The van der Waals surface area contributed by atoms with Crippen molar-refractivity contribution in [3.8, 4) is 11.5 Å². The van der Waals surface area contributed by atoms with Crippen molar-refractivity contribution in [3.05, 3.63) is 58.0 Å². The Morgan fingerprint density at radius 2 is 2.00 bits per heavy atom. The zero-order valence-corrected chi connectivity index (χ0v) is 14.4. The summed E-state index contributed by atoms with van der Waals surface area (Å²) in [7, 11) is 0. The second-order valence-electron chi connectivity index (χ2n) is 6.94. The SMILES string of the molecule is O=c1cc[nH]cc1CN1CCC(CCc2cccc3c2OCO3)CC1. The van der Waals surface area contributed by atoms with Crippen molar-refractivity contribution < 1.29 is 9.47 Å². The van der Waals surface area contributed by atoms with Gasteiger partial charge in [0.05, 0.1) is 0 Å². The van der Waals surface area contributed by atoms with Crippen LogP contribution in [-0.4, -0.2) is 29.8 Å². The number of aryl methyl sites for hydroxylation is 1. The van der Waals surface area contributed by atoms with Gasteiger partial charge in [0.1, 0.15) is 0 Å². The van der Waals surface area contributed by atoms with Gasteiger partial charge in [-0.15, -0.1) is 0 Å². The van der Waals surface area contributed by atoms with E-state index in [1.54, 1.807) is 12.3 Å². The van der Waals surface area contributed by atoms with Gasteiger partial charge in [0.25, 0.3) is 0 Å². The molecule has 0 bridgehead atoms. The molecule has 0 radical (unpaired) electrons. The zero-order valence-electron chi connectivity index (χ0n) is 14.4. The molecule has 1 fully saturated rings. The maximum absolute atomic E-state index is 11.8. The number of hydrogen-bond acceptors (Lipinski definition) is 4. The van der Waals surface area contributed by atoms with Crippen LogP contribution in [0.1, 0.15) is 30.4 Å². The Bertz CT molecular complexity index is 779. The van der Waals surface area contributed by atoms with Gasteiger partial charge in [-0.2, -0.15) is 0 Å². The fourth-order valence-corrected chi connectivity index (χ4v) is 3.80. The molecular weight excluding hydrogens is 316 g/mol. The molecule has 4 rings (SSSR count). The number of pyridine rings is 1. The molecule has 0 aliphatic carbocycles. The highest BCUT2D eigenvalue weighted by Gasteiger charge is 2.22. The molecule has 1 aromatic carbocycles. The van der Waals surface area contributed by atoms with Crippen molar-refractivity contribution in [1.82, 2.24) is 9.88 Å². The number of aromatic amines is 1. The van der Waals surface area contributed by atoms with E-state index in [0.717, 1.165) is 49.0 Å². The Kier molecular flexibility index (Phi) is 4.74. The first-order chi connectivity index (χ1) is 12.3. The van der Waals surface area contributed by atoms with Crippen LogP contribution < -0.4 is 14.9 Å². The van der Waals surface area contributed by atoms with Crippen LogP contribution in [0, 0.1) is 5.92 Å². The van der Waals surface area contributed by atoms with Crippen LogP contribution >= 0.6 is 0 Å². The summed E-state index contributed by atoms with van der Waals surface area (Å²) in [4.78, 5) is 17.2. The van der Waals surface area contributed by atoms with Gasteiger partial charge >= 0.3 is 0 Å². The fraction of sp³-hybridized carbons (Fsp3) is 0.450. The molecule has 1 saturated heterocycles. The van der Waals surface area contributed by atoms with Crippen LogP contribution in [0.2, 0.25) is 0 Å². The second-order valence-corrected chi connectivity index (χ2v) is 6.94. The highest BCUT2D eigenvalue weighted by Crippen LogP contribution is 2.36. The van der Waals surface area contributed by atoms with Gasteiger partial charge < -0.3 is 14.5 Å². The van der Waals surface area contributed by atoms with Crippen molar-refractivity contribution in [2.75, 3.05) is 19.9 Å². The van der Waals surface area contributed by atoms with Gasteiger partial charge in [-0.1, -0.05) is 12.1 Å². The number of nitrogens with zero attached hydrogens (tertiary/aromatic N) is 1. The van der Waals surface area contributed by atoms with E-state index >= 15 is 0 Å². The Labute approximate surface area is 147 Å². The molecule has 2 aliphatic rings. The van der Waals surface area contributed by atoms with Crippen LogP contribution in [-0.2, 0) is 13.0 Å². The summed E-state index contributed by atoms with van der Waals surface area (Å²) in [5.41, 5.74) is 2.24. The van der Waals surface area contributed by atoms with Crippen LogP contribution in [0.3, 0.4) is 0 Å². The molecule has 0 spiro atoms. The number of nitrogens with one attached hydrogen (secondary N) is 1. The lowest BCUT2D eigenvalue weighted by molar-refractivity contribution is 0.169. The lowest BCUT2D eigenvalue weighted by atomic mass is 9.90. The van der Waals surface area contributed by atoms with E-state index in [2.05, 4.69) is 16.0 Å². The number of likely N-dealkylation sites (tertiary alicyclic amines) is 1. The van der Waals surface area contributed by atoms with E-state index in [-0.39, 0.29) is 5.43 Å². The summed E-state index contributed by atoms with van der Waals surface area (Å²) in [6, 6.07) is 7.76. The van der Waals surface area contributed by atoms with E-state index < -0.39 is 0 Å². The number of hydrogen-bond donors (Lipinski definition) is 1. The van der Waals surface area contributed by atoms with Crippen LogP contribution in [0.15, 0.2) is 41.5 Å². The van der Waals surface area contributed by atoms with Gasteiger partial charge in [-0.05, 0) is 56.3 Å². The molecule has 0 amide bonds. The minimum absolute atomic E-state index is 0.126. The number of aromatic nitrogens is 1. The van der Waals surface area contributed by atoms with E-state index in [1.165, 1.54) is 24.8 Å². The van der Waals surface area contributed by atoms with E-state index in [9.17, 15) is 4.79 Å². The number of fused-ring (bicyclic) bond motifs is 1. The molecule has 2 aliphatic heterocycles. The predicted octanol–water partition coefficient (Wildman–Crippen LogP) is 2.95. The number of para-hydroxylation sites is 1. The Morgan fingerprint density at radius 1 is 1.12 bits per heavy atom. The Hall–Kier alpha value is -2.27. The molecule has 132 valence electrons. The monoisotopic (exact) mass is 340 g/mol. The normalized spacial score (nSPS) is 17.8. The average molecular weight is 340 g/mol. The Morgan fingerprint density at radius 3 is 2.84 bits per heavy atom. The number of piperidine rings is 1. The maximum Gasteiger partial charge on any atom is 0.231 e. The number of ether oxygens (including phenoxy) is 2. The summed E-state index contributed by atoms with van der Waals surface area (Å²) < 4.78 is 11.1. The summed E-state index contributed by atoms with van der Waals surface area (Å²) in [5.74, 6) is 2.55. The molecule has 0 saturated carbocycles. The summed E-state index contributed by atoms with van der Waals surface area (Å²) in [6.45, 7) is 3.21. The van der Waals surface area contributed by atoms with Gasteiger partial charge in [-0.3, -0.25) is 9.69 Å². The van der Waals surface area contributed by atoms with E-state index in [4.69, 9.17) is 9.47 Å². The largest absolute Gasteiger partial charge is 0.454 e. The Balaban J connectivity index is 1.28. The first-order valence-electron chi connectivity index (χ1n) is 9.05. The zero-order chi connectivity index (χ0) is 17.1. The molecule has 1 aromatic heterocycles. The molecule has 5 heteroatoms. The molecule has 0 atom stereocenters. The molecule has 25 heavy (non-hydrogen) atoms. The van der Waals surface area contributed by atoms with Gasteiger partial charge in [0.15, 0.2) is 16.9 Å². The summed E-state index contributed by atoms with van der Waals surface area (Å²) in [6.07, 6.45) is 8.11. The van der Waals surface area contributed by atoms with Crippen molar-refractivity contribution in [2.45, 2.75) is 32.2 Å². The van der Waals surface area contributed by atoms with Gasteiger partial charge in [0.2, 0.25) is 6.79 Å².